The second-order valence-electron chi connectivity index (χ2n) is 2.31. The highest BCUT2D eigenvalue weighted by Gasteiger charge is 1.95. The third-order valence-electron chi connectivity index (χ3n) is 1.62. The van der Waals surface area contributed by atoms with Gasteiger partial charge >= 0.3 is 0 Å². The van der Waals surface area contributed by atoms with Crippen LogP contribution in [-0.2, 0) is 0 Å². The topological polar surface area (TPSA) is 12.9 Å². The molecule has 10 heavy (non-hydrogen) atoms. The van der Waals surface area contributed by atoms with Crippen molar-refractivity contribution < 1.29 is 0 Å². The maximum atomic E-state index is 4.10. The van der Waals surface area contributed by atoms with Crippen molar-refractivity contribution in [2.45, 2.75) is 6.92 Å². The van der Waals surface area contributed by atoms with Crippen LogP contribution >= 0.6 is 11.5 Å². The lowest BCUT2D eigenvalue weighted by atomic mass is 10.2. The average Bonchev–Trinajstić information content (AvgIpc) is 2.36. The van der Waals surface area contributed by atoms with Gasteiger partial charge in [-0.2, -0.15) is 4.37 Å². The molecule has 0 saturated carbocycles. The van der Waals surface area contributed by atoms with Crippen LogP contribution in [0.15, 0.2) is 24.4 Å². The van der Waals surface area contributed by atoms with Crippen molar-refractivity contribution in [3.63, 3.8) is 0 Å². The molecule has 1 heterocycles. The van der Waals surface area contributed by atoms with Gasteiger partial charge in [-0.1, -0.05) is 12.1 Å². The van der Waals surface area contributed by atoms with Crippen LogP contribution in [0.1, 0.15) is 5.56 Å². The predicted octanol–water partition coefficient (Wildman–Crippen LogP) is 2.60. The lowest BCUT2D eigenvalue weighted by Crippen LogP contribution is -1.68. The third-order valence-corrected chi connectivity index (χ3v) is 2.38. The molecule has 1 nitrogen and oxygen atoms in total. The zero-order chi connectivity index (χ0) is 6.97. The van der Waals surface area contributed by atoms with E-state index in [4.69, 9.17) is 0 Å². The minimum absolute atomic E-state index is 1.28. The van der Waals surface area contributed by atoms with Crippen molar-refractivity contribution >= 4 is 21.6 Å². The van der Waals surface area contributed by atoms with E-state index >= 15 is 0 Å². The molecular weight excluding hydrogens is 142 g/mol. The Bertz CT molecular complexity index is 351. The molecule has 1 aromatic carbocycles. The van der Waals surface area contributed by atoms with Gasteiger partial charge in [-0.3, -0.25) is 0 Å². The standard InChI is InChI=1S/C8H7NS/c1-6-3-2-4-8-7(6)5-9-10-8/h2-5H,1H3. The second-order valence-corrected chi connectivity index (χ2v) is 3.15. The first-order valence-corrected chi connectivity index (χ1v) is 3.95. The summed E-state index contributed by atoms with van der Waals surface area (Å²) in [5.74, 6) is 0. The summed E-state index contributed by atoms with van der Waals surface area (Å²) in [7, 11) is 0. The Kier molecular flexibility index (Phi) is 1.21. The lowest BCUT2D eigenvalue weighted by molar-refractivity contribution is 1.52. The first-order chi connectivity index (χ1) is 4.88. The number of rotatable bonds is 0. The van der Waals surface area contributed by atoms with E-state index in [1.165, 1.54) is 15.6 Å². The summed E-state index contributed by atoms with van der Waals surface area (Å²) in [4.78, 5) is 0. The molecule has 0 aliphatic carbocycles. The molecule has 0 radical (unpaired) electrons. The number of aryl methyl sites for hydroxylation is 1. The van der Waals surface area contributed by atoms with Crippen molar-refractivity contribution in [1.29, 1.82) is 0 Å². The fraction of sp³-hybridized carbons (Fsp3) is 0.125. The van der Waals surface area contributed by atoms with Gasteiger partial charge in [-0.15, -0.1) is 0 Å². The highest BCUT2D eigenvalue weighted by atomic mass is 32.1. The van der Waals surface area contributed by atoms with Gasteiger partial charge in [0.1, 0.15) is 0 Å². The minimum Gasteiger partial charge on any atom is -0.200 e. The van der Waals surface area contributed by atoms with Gasteiger partial charge in [0, 0.05) is 11.6 Å². The fourth-order valence-corrected chi connectivity index (χ4v) is 1.76. The molecule has 0 bridgehead atoms. The summed E-state index contributed by atoms with van der Waals surface area (Å²) in [5, 5.41) is 1.28. The highest BCUT2D eigenvalue weighted by molar-refractivity contribution is 7.13. The minimum atomic E-state index is 1.28. The summed E-state index contributed by atoms with van der Waals surface area (Å²) < 4.78 is 5.38. The van der Waals surface area contributed by atoms with E-state index in [0.717, 1.165) is 0 Å². The molecule has 0 saturated heterocycles. The van der Waals surface area contributed by atoms with Crippen LogP contribution in [0.2, 0.25) is 0 Å². The Labute approximate surface area is 63.5 Å². The van der Waals surface area contributed by atoms with E-state index in [-0.39, 0.29) is 0 Å². The van der Waals surface area contributed by atoms with Crippen molar-refractivity contribution in [3.8, 4) is 0 Å². The Morgan fingerprint density at radius 2 is 2.30 bits per heavy atom. The summed E-state index contributed by atoms with van der Waals surface area (Å²) in [6.45, 7) is 2.11. The molecule has 0 aliphatic heterocycles. The fourth-order valence-electron chi connectivity index (χ4n) is 1.03. The van der Waals surface area contributed by atoms with E-state index in [9.17, 15) is 0 Å². The van der Waals surface area contributed by atoms with Gasteiger partial charge < -0.3 is 0 Å². The van der Waals surface area contributed by atoms with E-state index in [1.807, 2.05) is 6.20 Å². The Balaban J connectivity index is 2.95. The van der Waals surface area contributed by atoms with Crippen LogP contribution in [0.4, 0.5) is 0 Å². The average molecular weight is 149 g/mol. The number of aromatic nitrogens is 1. The quantitative estimate of drug-likeness (QED) is 0.561. The van der Waals surface area contributed by atoms with Crippen molar-refractivity contribution in [1.82, 2.24) is 4.37 Å². The van der Waals surface area contributed by atoms with Crippen LogP contribution in [0.5, 0.6) is 0 Å². The van der Waals surface area contributed by atoms with Crippen molar-refractivity contribution in [3.05, 3.63) is 30.0 Å². The first-order valence-electron chi connectivity index (χ1n) is 3.18. The van der Waals surface area contributed by atoms with Gasteiger partial charge in [-0.05, 0) is 30.1 Å². The molecule has 1 aromatic heterocycles. The molecular formula is C8H7NS. The van der Waals surface area contributed by atoms with Crippen LogP contribution in [0.25, 0.3) is 10.1 Å². The lowest BCUT2D eigenvalue weighted by Gasteiger charge is -1.90. The zero-order valence-corrected chi connectivity index (χ0v) is 6.48. The SMILES string of the molecule is Cc1cccc2sncc12. The molecule has 50 valence electrons. The number of benzene rings is 1. The molecule has 0 aliphatic rings. The summed E-state index contributed by atoms with van der Waals surface area (Å²) in [5.41, 5.74) is 1.31. The molecule has 2 rings (SSSR count). The summed E-state index contributed by atoms with van der Waals surface area (Å²) in [6, 6.07) is 6.27. The van der Waals surface area contributed by atoms with Crippen LogP contribution < -0.4 is 0 Å². The number of fused-ring (bicyclic) bond motifs is 1. The van der Waals surface area contributed by atoms with Gasteiger partial charge in [0.05, 0.1) is 4.70 Å². The van der Waals surface area contributed by atoms with Crippen molar-refractivity contribution in [2.24, 2.45) is 0 Å². The normalized spacial score (nSPS) is 10.5. The maximum absolute atomic E-state index is 4.10. The van der Waals surface area contributed by atoms with E-state index in [2.05, 4.69) is 29.5 Å². The third kappa shape index (κ3) is 0.727. The molecule has 0 atom stereocenters. The number of nitrogens with zero attached hydrogens (tertiary/aromatic N) is 1. The Morgan fingerprint density at radius 1 is 1.40 bits per heavy atom. The molecule has 2 heteroatoms. The largest absolute Gasteiger partial charge is 0.200 e. The van der Waals surface area contributed by atoms with Crippen LogP contribution in [0.3, 0.4) is 0 Å². The Morgan fingerprint density at radius 3 is 3.10 bits per heavy atom. The molecule has 0 fully saturated rings. The number of hydrogen-bond donors (Lipinski definition) is 0. The second kappa shape index (κ2) is 2.06. The van der Waals surface area contributed by atoms with Crippen molar-refractivity contribution in [2.75, 3.05) is 0 Å². The molecule has 0 amide bonds. The summed E-state index contributed by atoms with van der Waals surface area (Å²) in [6.07, 6.45) is 1.93. The Hall–Kier alpha value is -0.890. The van der Waals surface area contributed by atoms with Crippen LogP contribution in [0, 0.1) is 6.92 Å². The van der Waals surface area contributed by atoms with Gasteiger partial charge in [0.2, 0.25) is 0 Å². The summed E-state index contributed by atoms with van der Waals surface area (Å²) >= 11 is 1.55. The van der Waals surface area contributed by atoms with E-state index in [0.29, 0.717) is 0 Å². The van der Waals surface area contributed by atoms with Gasteiger partial charge in [0.25, 0.3) is 0 Å². The molecule has 0 spiro atoms. The maximum Gasteiger partial charge on any atom is 0.0552 e. The van der Waals surface area contributed by atoms with Crippen LogP contribution in [-0.4, -0.2) is 4.37 Å². The molecule has 0 unspecified atom stereocenters. The molecule has 0 N–H and O–H groups in total. The highest BCUT2D eigenvalue weighted by Crippen LogP contribution is 2.20. The predicted molar refractivity (Wildman–Crippen MR) is 44.4 cm³/mol. The van der Waals surface area contributed by atoms with E-state index < -0.39 is 0 Å². The zero-order valence-electron chi connectivity index (χ0n) is 5.66. The molecule has 2 aromatic rings. The monoisotopic (exact) mass is 149 g/mol. The first kappa shape index (κ1) is 5.86. The van der Waals surface area contributed by atoms with Gasteiger partial charge in [0.15, 0.2) is 0 Å². The van der Waals surface area contributed by atoms with Gasteiger partial charge in [-0.25, -0.2) is 0 Å². The van der Waals surface area contributed by atoms with E-state index in [1.54, 1.807) is 11.5 Å². The smallest absolute Gasteiger partial charge is 0.0552 e. The number of hydrogen-bond acceptors (Lipinski definition) is 2.